The maximum absolute atomic E-state index is 13.0. The van der Waals surface area contributed by atoms with E-state index in [1.807, 2.05) is 6.07 Å². The lowest BCUT2D eigenvalue weighted by Gasteiger charge is -2.25. The second-order valence-electron chi connectivity index (χ2n) is 4.82. The molecule has 1 aromatic carbocycles. The summed E-state index contributed by atoms with van der Waals surface area (Å²) < 4.78 is 18.5. The van der Waals surface area contributed by atoms with Crippen molar-refractivity contribution in [2.24, 2.45) is 11.7 Å². The van der Waals surface area contributed by atoms with E-state index in [2.05, 4.69) is 0 Å². The van der Waals surface area contributed by atoms with Gasteiger partial charge in [-0.05, 0) is 30.0 Å². The van der Waals surface area contributed by atoms with Crippen LogP contribution in [0.3, 0.4) is 0 Å². The first-order valence-electron chi connectivity index (χ1n) is 6.34. The molecule has 3 heteroatoms. The van der Waals surface area contributed by atoms with Gasteiger partial charge in [-0.25, -0.2) is 4.39 Å². The van der Waals surface area contributed by atoms with Crippen LogP contribution in [0.25, 0.3) is 0 Å². The van der Waals surface area contributed by atoms with Crippen molar-refractivity contribution in [1.82, 2.24) is 0 Å². The summed E-state index contributed by atoms with van der Waals surface area (Å²) in [5, 5.41) is 0. The monoisotopic (exact) mass is 237 g/mol. The molecule has 1 unspecified atom stereocenters. The van der Waals surface area contributed by atoms with E-state index in [-0.39, 0.29) is 11.9 Å². The Labute approximate surface area is 102 Å². The Morgan fingerprint density at radius 2 is 2.24 bits per heavy atom. The van der Waals surface area contributed by atoms with Crippen LogP contribution >= 0.6 is 0 Å². The van der Waals surface area contributed by atoms with Crippen molar-refractivity contribution in [3.63, 3.8) is 0 Å². The van der Waals surface area contributed by atoms with Gasteiger partial charge in [0.1, 0.15) is 5.82 Å². The minimum absolute atomic E-state index is 0.230. The van der Waals surface area contributed by atoms with Crippen molar-refractivity contribution in [3.8, 4) is 0 Å². The molecule has 2 nitrogen and oxygen atoms in total. The molecule has 1 atom stereocenters. The molecular formula is C14H20FNO. The molecule has 1 saturated carbocycles. The van der Waals surface area contributed by atoms with Crippen LogP contribution in [0.2, 0.25) is 0 Å². The van der Waals surface area contributed by atoms with Gasteiger partial charge >= 0.3 is 0 Å². The first kappa shape index (κ1) is 12.5. The van der Waals surface area contributed by atoms with Crippen LogP contribution in [0.4, 0.5) is 4.39 Å². The number of hydrogen-bond donors (Lipinski definition) is 1. The van der Waals surface area contributed by atoms with Gasteiger partial charge in [0, 0.05) is 6.61 Å². The summed E-state index contributed by atoms with van der Waals surface area (Å²) in [5.74, 6) is 0.618. The van der Waals surface area contributed by atoms with Crippen molar-refractivity contribution in [1.29, 1.82) is 0 Å². The smallest absolute Gasteiger partial charge is 0.123 e. The Bertz CT molecular complexity index is 352. The Hall–Kier alpha value is -0.930. The zero-order valence-electron chi connectivity index (χ0n) is 10.1. The molecule has 0 spiro atoms. The summed E-state index contributed by atoms with van der Waals surface area (Å²) in [6.07, 6.45) is 5.20. The van der Waals surface area contributed by atoms with E-state index in [1.54, 1.807) is 6.07 Å². The molecule has 0 heterocycles. The van der Waals surface area contributed by atoms with Crippen molar-refractivity contribution in [3.05, 3.63) is 35.6 Å². The number of nitrogens with two attached hydrogens (primary N) is 1. The van der Waals surface area contributed by atoms with E-state index < -0.39 is 0 Å². The van der Waals surface area contributed by atoms with E-state index in [4.69, 9.17) is 10.5 Å². The molecule has 2 rings (SSSR count). The van der Waals surface area contributed by atoms with Crippen LogP contribution in [-0.2, 0) is 4.74 Å². The van der Waals surface area contributed by atoms with Crippen molar-refractivity contribution in [2.75, 3.05) is 13.2 Å². The largest absolute Gasteiger partial charge is 0.379 e. The molecule has 0 saturated heterocycles. The predicted octanol–water partition coefficient (Wildman–Crippen LogP) is 3.03. The lowest BCUT2D eigenvalue weighted by molar-refractivity contribution is 0.0962. The molecular weight excluding hydrogens is 217 g/mol. The minimum Gasteiger partial charge on any atom is -0.379 e. The average molecular weight is 237 g/mol. The van der Waals surface area contributed by atoms with Crippen LogP contribution in [0.1, 0.15) is 37.3 Å². The molecule has 0 aliphatic heterocycles. The highest BCUT2D eigenvalue weighted by molar-refractivity contribution is 5.19. The standard InChI is InChI=1S/C14H20FNO/c15-13-6-2-5-12(9-13)14(16)10-17-8-7-11-3-1-4-11/h2,5-6,9,11,14H,1,3-4,7-8,10,16H2. The van der Waals surface area contributed by atoms with Crippen molar-refractivity contribution < 1.29 is 9.13 Å². The SMILES string of the molecule is NC(COCCC1CCC1)c1cccc(F)c1. The molecule has 0 radical (unpaired) electrons. The zero-order chi connectivity index (χ0) is 12.1. The van der Waals surface area contributed by atoms with E-state index in [0.717, 1.165) is 24.5 Å². The third-order valence-corrected chi connectivity index (χ3v) is 3.47. The van der Waals surface area contributed by atoms with Gasteiger partial charge in [-0.15, -0.1) is 0 Å². The average Bonchev–Trinajstić information content (AvgIpc) is 2.26. The number of rotatable bonds is 6. The molecule has 1 aromatic rings. The molecule has 1 fully saturated rings. The Morgan fingerprint density at radius 3 is 2.88 bits per heavy atom. The lowest BCUT2D eigenvalue weighted by atomic mass is 9.83. The van der Waals surface area contributed by atoms with E-state index in [9.17, 15) is 4.39 Å². The third-order valence-electron chi connectivity index (χ3n) is 3.47. The fourth-order valence-electron chi connectivity index (χ4n) is 2.08. The van der Waals surface area contributed by atoms with E-state index >= 15 is 0 Å². The number of ether oxygens (including phenoxy) is 1. The predicted molar refractivity (Wildman–Crippen MR) is 66.1 cm³/mol. The van der Waals surface area contributed by atoms with Gasteiger partial charge in [-0.1, -0.05) is 31.4 Å². The molecule has 94 valence electrons. The summed E-state index contributed by atoms with van der Waals surface area (Å²) >= 11 is 0. The van der Waals surface area contributed by atoms with Gasteiger partial charge in [0.05, 0.1) is 12.6 Å². The molecule has 17 heavy (non-hydrogen) atoms. The quantitative estimate of drug-likeness (QED) is 0.772. The van der Waals surface area contributed by atoms with E-state index in [1.165, 1.54) is 31.4 Å². The number of halogens is 1. The summed E-state index contributed by atoms with van der Waals surface area (Å²) in [4.78, 5) is 0. The second kappa shape index (κ2) is 6.12. The maximum Gasteiger partial charge on any atom is 0.123 e. The highest BCUT2D eigenvalue weighted by Gasteiger charge is 2.16. The highest BCUT2D eigenvalue weighted by atomic mass is 19.1. The Morgan fingerprint density at radius 1 is 1.41 bits per heavy atom. The molecule has 0 aromatic heterocycles. The van der Waals surface area contributed by atoms with Crippen molar-refractivity contribution >= 4 is 0 Å². The highest BCUT2D eigenvalue weighted by Crippen LogP contribution is 2.29. The summed E-state index contributed by atoms with van der Waals surface area (Å²) in [6.45, 7) is 1.24. The van der Waals surface area contributed by atoms with Gasteiger partial charge in [-0.2, -0.15) is 0 Å². The number of hydrogen-bond acceptors (Lipinski definition) is 2. The molecule has 0 bridgehead atoms. The fourth-order valence-corrected chi connectivity index (χ4v) is 2.08. The second-order valence-corrected chi connectivity index (χ2v) is 4.82. The molecule has 1 aliphatic rings. The summed E-state index contributed by atoms with van der Waals surface area (Å²) in [7, 11) is 0. The van der Waals surface area contributed by atoms with Gasteiger partial charge in [0.15, 0.2) is 0 Å². The van der Waals surface area contributed by atoms with Crippen molar-refractivity contribution in [2.45, 2.75) is 31.7 Å². The summed E-state index contributed by atoms with van der Waals surface area (Å²) in [5.41, 5.74) is 6.74. The van der Waals surface area contributed by atoms with Gasteiger partial charge in [0.2, 0.25) is 0 Å². The first-order valence-corrected chi connectivity index (χ1v) is 6.34. The first-order chi connectivity index (χ1) is 8.25. The van der Waals surface area contributed by atoms with Crippen LogP contribution in [0.5, 0.6) is 0 Å². The van der Waals surface area contributed by atoms with Gasteiger partial charge in [-0.3, -0.25) is 0 Å². The minimum atomic E-state index is -0.243. The third kappa shape index (κ3) is 3.79. The number of benzene rings is 1. The summed E-state index contributed by atoms with van der Waals surface area (Å²) in [6, 6.07) is 6.18. The van der Waals surface area contributed by atoms with Crippen LogP contribution in [0, 0.1) is 11.7 Å². The Balaban J connectivity index is 1.67. The lowest BCUT2D eigenvalue weighted by Crippen LogP contribution is -2.19. The van der Waals surface area contributed by atoms with Gasteiger partial charge in [0.25, 0.3) is 0 Å². The zero-order valence-corrected chi connectivity index (χ0v) is 10.1. The van der Waals surface area contributed by atoms with Gasteiger partial charge < -0.3 is 10.5 Å². The van der Waals surface area contributed by atoms with E-state index in [0.29, 0.717) is 6.61 Å². The molecule has 1 aliphatic carbocycles. The fraction of sp³-hybridized carbons (Fsp3) is 0.571. The van der Waals surface area contributed by atoms with Crippen LogP contribution in [0.15, 0.2) is 24.3 Å². The molecule has 2 N–H and O–H groups in total. The normalized spacial score (nSPS) is 17.8. The molecule has 0 amide bonds. The Kier molecular flexibility index (Phi) is 4.51. The maximum atomic E-state index is 13.0. The topological polar surface area (TPSA) is 35.2 Å². The van der Waals surface area contributed by atoms with Crippen LogP contribution in [-0.4, -0.2) is 13.2 Å². The van der Waals surface area contributed by atoms with Crippen LogP contribution < -0.4 is 5.73 Å².